The third kappa shape index (κ3) is 2.04. The Labute approximate surface area is 72.1 Å². The van der Waals surface area contributed by atoms with E-state index in [1.807, 2.05) is 6.92 Å². The molecule has 2 atom stereocenters. The maximum Gasteiger partial charge on any atom is 0.101 e. The lowest BCUT2D eigenvalue weighted by Crippen LogP contribution is -2.31. The summed E-state index contributed by atoms with van der Waals surface area (Å²) in [6.07, 6.45) is 0.815. The average molecular weight is 173 g/mol. The summed E-state index contributed by atoms with van der Waals surface area (Å²) < 4.78 is 0. The molecule has 2 unspecified atom stereocenters. The molecule has 11 heavy (non-hydrogen) atoms. The van der Waals surface area contributed by atoms with Crippen molar-refractivity contribution < 1.29 is 0 Å². The van der Waals surface area contributed by atoms with Gasteiger partial charge in [-0.2, -0.15) is 0 Å². The van der Waals surface area contributed by atoms with Crippen LogP contribution in [0.3, 0.4) is 0 Å². The zero-order chi connectivity index (χ0) is 8.43. The molecular formula is C8H13ClN2. The second-order valence-corrected chi connectivity index (χ2v) is 3.49. The van der Waals surface area contributed by atoms with Gasteiger partial charge in [-0.25, -0.2) is 0 Å². The van der Waals surface area contributed by atoms with E-state index in [1.54, 1.807) is 0 Å². The van der Waals surface area contributed by atoms with Crippen molar-refractivity contribution in [1.82, 2.24) is 0 Å². The van der Waals surface area contributed by atoms with Gasteiger partial charge in [0.15, 0.2) is 0 Å². The molecule has 0 spiro atoms. The second-order valence-electron chi connectivity index (χ2n) is 3.05. The maximum atomic E-state index is 5.85. The molecule has 3 heteroatoms. The Hall–Kier alpha value is -0.340. The zero-order valence-electron chi connectivity index (χ0n) is 6.68. The number of aliphatic imine (C=N–C) groups is 1. The van der Waals surface area contributed by atoms with Crippen molar-refractivity contribution in [2.45, 2.75) is 19.4 Å². The monoisotopic (exact) mass is 172 g/mol. The Morgan fingerprint density at radius 3 is 2.91 bits per heavy atom. The van der Waals surface area contributed by atoms with E-state index in [1.165, 1.54) is 0 Å². The molecule has 0 aromatic rings. The highest BCUT2D eigenvalue weighted by Gasteiger charge is 2.23. The molecule has 0 amide bonds. The Kier molecular flexibility index (Phi) is 2.68. The SMILES string of the molecule is C=C(C)C(N)C1CN=C(Cl)C1. The van der Waals surface area contributed by atoms with Gasteiger partial charge < -0.3 is 5.73 Å². The molecule has 0 saturated carbocycles. The van der Waals surface area contributed by atoms with Crippen LogP contribution in [0.15, 0.2) is 17.1 Å². The predicted molar refractivity (Wildman–Crippen MR) is 49.1 cm³/mol. The lowest BCUT2D eigenvalue weighted by atomic mass is 9.94. The Morgan fingerprint density at radius 2 is 2.55 bits per heavy atom. The Bertz CT molecular complexity index is 198. The van der Waals surface area contributed by atoms with Gasteiger partial charge in [0.2, 0.25) is 0 Å². The van der Waals surface area contributed by atoms with Crippen molar-refractivity contribution in [2.24, 2.45) is 16.6 Å². The summed E-state index contributed by atoms with van der Waals surface area (Å²) in [6.45, 7) is 6.50. The quantitative estimate of drug-likeness (QED) is 0.631. The molecule has 2 N–H and O–H groups in total. The van der Waals surface area contributed by atoms with E-state index in [-0.39, 0.29) is 6.04 Å². The first kappa shape index (κ1) is 8.75. The Balaban J connectivity index is 2.47. The third-order valence-corrected chi connectivity index (χ3v) is 2.28. The summed E-state index contributed by atoms with van der Waals surface area (Å²) in [5, 5.41) is 0.701. The predicted octanol–water partition coefficient (Wildman–Crippen LogP) is 1.55. The number of nitrogens with two attached hydrogens (primary N) is 1. The molecule has 1 aliphatic heterocycles. The topological polar surface area (TPSA) is 38.4 Å². The highest BCUT2D eigenvalue weighted by molar-refractivity contribution is 6.65. The molecule has 1 rings (SSSR count). The van der Waals surface area contributed by atoms with E-state index >= 15 is 0 Å². The Morgan fingerprint density at radius 1 is 1.91 bits per heavy atom. The van der Waals surface area contributed by atoms with Gasteiger partial charge in [0.25, 0.3) is 0 Å². The van der Waals surface area contributed by atoms with Crippen LogP contribution in [-0.2, 0) is 0 Å². The minimum Gasteiger partial charge on any atom is -0.324 e. The van der Waals surface area contributed by atoms with Gasteiger partial charge in [0, 0.05) is 24.9 Å². The molecule has 0 aromatic carbocycles. The lowest BCUT2D eigenvalue weighted by Gasteiger charge is -2.17. The highest BCUT2D eigenvalue weighted by atomic mass is 35.5. The first-order chi connectivity index (χ1) is 5.11. The van der Waals surface area contributed by atoms with Crippen molar-refractivity contribution in [2.75, 3.05) is 6.54 Å². The molecule has 0 aromatic heterocycles. The van der Waals surface area contributed by atoms with Crippen LogP contribution in [0.1, 0.15) is 13.3 Å². The molecule has 0 aliphatic carbocycles. The van der Waals surface area contributed by atoms with E-state index in [2.05, 4.69) is 11.6 Å². The molecule has 0 saturated heterocycles. The van der Waals surface area contributed by atoms with Crippen molar-refractivity contribution >= 4 is 16.8 Å². The van der Waals surface area contributed by atoms with Gasteiger partial charge in [-0.3, -0.25) is 4.99 Å². The fourth-order valence-corrected chi connectivity index (χ4v) is 1.47. The van der Waals surface area contributed by atoms with Gasteiger partial charge in [0.1, 0.15) is 5.17 Å². The minimum atomic E-state index is 0.0509. The normalized spacial score (nSPS) is 26.5. The van der Waals surface area contributed by atoms with Crippen LogP contribution < -0.4 is 5.73 Å². The maximum absolute atomic E-state index is 5.85. The van der Waals surface area contributed by atoms with Crippen LogP contribution in [0, 0.1) is 5.92 Å². The number of halogens is 1. The minimum absolute atomic E-state index is 0.0509. The summed E-state index contributed by atoms with van der Waals surface area (Å²) in [6, 6.07) is 0.0509. The van der Waals surface area contributed by atoms with Crippen molar-refractivity contribution in [1.29, 1.82) is 0 Å². The van der Waals surface area contributed by atoms with Gasteiger partial charge in [0.05, 0.1) is 0 Å². The molecule has 62 valence electrons. The van der Waals surface area contributed by atoms with Gasteiger partial charge in [-0.1, -0.05) is 23.8 Å². The van der Waals surface area contributed by atoms with E-state index in [0.717, 1.165) is 18.5 Å². The van der Waals surface area contributed by atoms with Crippen LogP contribution in [0.4, 0.5) is 0 Å². The highest BCUT2D eigenvalue weighted by Crippen LogP contribution is 2.21. The van der Waals surface area contributed by atoms with Crippen molar-refractivity contribution in [3.05, 3.63) is 12.2 Å². The van der Waals surface area contributed by atoms with Crippen LogP contribution in [0.2, 0.25) is 0 Å². The van der Waals surface area contributed by atoms with Crippen LogP contribution >= 0.6 is 11.6 Å². The summed E-state index contributed by atoms with van der Waals surface area (Å²) in [5.74, 6) is 0.375. The largest absolute Gasteiger partial charge is 0.324 e. The number of hydrogen-bond donors (Lipinski definition) is 1. The summed E-state index contributed by atoms with van der Waals surface area (Å²) >= 11 is 5.72. The molecule has 1 heterocycles. The molecular weight excluding hydrogens is 160 g/mol. The second kappa shape index (κ2) is 3.37. The van der Waals surface area contributed by atoms with Gasteiger partial charge in [-0.05, 0) is 6.92 Å². The standard InChI is InChI=1S/C8H13ClN2/c1-5(2)8(10)6-3-7(9)11-4-6/h6,8H,1,3-4,10H2,2H3. The van der Waals surface area contributed by atoms with E-state index < -0.39 is 0 Å². The summed E-state index contributed by atoms with van der Waals surface area (Å²) in [5.41, 5.74) is 6.86. The fourth-order valence-electron chi connectivity index (χ4n) is 1.20. The molecule has 0 radical (unpaired) electrons. The molecule has 0 fully saturated rings. The van der Waals surface area contributed by atoms with E-state index in [9.17, 15) is 0 Å². The smallest absolute Gasteiger partial charge is 0.101 e. The first-order valence-corrected chi connectivity index (χ1v) is 4.09. The van der Waals surface area contributed by atoms with E-state index in [0.29, 0.717) is 11.1 Å². The van der Waals surface area contributed by atoms with Gasteiger partial charge >= 0.3 is 0 Å². The van der Waals surface area contributed by atoms with Crippen LogP contribution in [-0.4, -0.2) is 17.8 Å². The zero-order valence-corrected chi connectivity index (χ0v) is 7.43. The van der Waals surface area contributed by atoms with Crippen molar-refractivity contribution in [3.63, 3.8) is 0 Å². The number of nitrogens with zero attached hydrogens (tertiary/aromatic N) is 1. The average Bonchev–Trinajstić information content (AvgIpc) is 2.34. The van der Waals surface area contributed by atoms with Crippen LogP contribution in [0.25, 0.3) is 0 Å². The van der Waals surface area contributed by atoms with E-state index in [4.69, 9.17) is 17.3 Å². The number of rotatable bonds is 2. The molecule has 1 aliphatic rings. The lowest BCUT2D eigenvalue weighted by molar-refractivity contribution is 0.510. The van der Waals surface area contributed by atoms with Crippen LogP contribution in [0.5, 0.6) is 0 Å². The third-order valence-electron chi connectivity index (χ3n) is 2.00. The summed E-state index contributed by atoms with van der Waals surface area (Å²) in [4.78, 5) is 4.08. The first-order valence-electron chi connectivity index (χ1n) is 3.71. The number of hydrogen-bond acceptors (Lipinski definition) is 2. The fraction of sp³-hybridized carbons (Fsp3) is 0.625. The van der Waals surface area contributed by atoms with Crippen molar-refractivity contribution in [3.8, 4) is 0 Å². The molecule has 2 nitrogen and oxygen atoms in total. The van der Waals surface area contributed by atoms with Gasteiger partial charge in [-0.15, -0.1) is 0 Å². The molecule has 0 bridgehead atoms. The summed E-state index contributed by atoms with van der Waals surface area (Å²) in [7, 11) is 0.